The number of sulfonamides is 1. The molecule has 1 aromatic rings. The smallest absolute Gasteiger partial charge is 0.273 e. The van der Waals surface area contributed by atoms with Gasteiger partial charge < -0.3 is 5.73 Å². The fourth-order valence-corrected chi connectivity index (χ4v) is 3.24. The summed E-state index contributed by atoms with van der Waals surface area (Å²) in [5.74, 6) is 0. The van der Waals surface area contributed by atoms with Gasteiger partial charge in [0.1, 0.15) is 0 Å². The van der Waals surface area contributed by atoms with Crippen molar-refractivity contribution in [2.75, 3.05) is 6.54 Å². The van der Waals surface area contributed by atoms with E-state index in [-0.39, 0.29) is 29.5 Å². The molecule has 1 aliphatic rings. The highest BCUT2D eigenvalue weighted by Gasteiger charge is 2.34. The van der Waals surface area contributed by atoms with E-state index in [0.29, 0.717) is 5.56 Å². The van der Waals surface area contributed by atoms with Crippen LogP contribution in [0.3, 0.4) is 0 Å². The Balaban J connectivity index is 0.00000220. The third kappa shape index (κ3) is 3.91. The number of aryl methyl sites for hydroxylation is 1. The summed E-state index contributed by atoms with van der Waals surface area (Å²) in [5.41, 5.74) is 5.68. The zero-order valence-electron chi connectivity index (χ0n) is 11.5. The van der Waals surface area contributed by atoms with Crippen molar-refractivity contribution in [3.63, 3.8) is 0 Å². The fourth-order valence-electron chi connectivity index (χ4n) is 2.08. The minimum absolute atomic E-state index is 0. The molecule has 0 amide bonds. The van der Waals surface area contributed by atoms with E-state index >= 15 is 0 Å². The van der Waals surface area contributed by atoms with Crippen molar-refractivity contribution >= 4 is 28.1 Å². The van der Waals surface area contributed by atoms with Crippen LogP contribution < -0.4 is 10.5 Å². The molecule has 2 rings (SSSR count). The molecule has 0 spiro atoms. The first-order chi connectivity index (χ1) is 9.23. The topological polar surface area (TPSA) is 115 Å². The molecule has 0 saturated heterocycles. The summed E-state index contributed by atoms with van der Waals surface area (Å²) in [6, 6.07) is 3.85. The van der Waals surface area contributed by atoms with Gasteiger partial charge in [0.05, 0.1) is 9.82 Å². The third-order valence-corrected chi connectivity index (χ3v) is 5.05. The van der Waals surface area contributed by atoms with Crippen molar-refractivity contribution < 1.29 is 13.3 Å². The molecule has 0 radical (unpaired) electrons. The molecular formula is C12H18ClN3O4S. The number of nitrogens with two attached hydrogens (primary N) is 1. The number of hydrogen-bond acceptors (Lipinski definition) is 5. The van der Waals surface area contributed by atoms with Gasteiger partial charge in [-0.25, -0.2) is 13.1 Å². The standard InChI is InChI=1S/C12H17N3O4S.ClH/c1-9-3-4-10(7-11(9)15(16)17)20(18,19)14-8-12(13)5-2-6-12;/h3-4,7,14H,2,5-6,8,13H2,1H3;1H. The Bertz CT molecular complexity index is 644. The van der Waals surface area contributed by atoms with Crippen molar-refractivity contribution in [1.29, 1.82) is 0 Å². The van der Waals surface area contributed by atoms with E-state index < -0.39 is 20.5 Å². The van der Waals surface area contributed by atoms with Crippen LogP contribution in [0.1, 0.15) is 24.8 Å². The molecule has 3 N–H and O–H groups in total. The van der Waals surface area contributed by atoms with Gasteiger partial charge in [0.25, 0.3) is 5.69 Å². The number of nitrogens with one attached hydrogen (secondary N) is 1. The Morgan fingerprint density at radius 1 is 1.43 bits per heavy atom. The molecule has 118 valence electrons. The maximum atomic E-state index is 12.1. The Labute approximate surface area is 129 Å². The maximum Gasteiger partial charge on any atom is 0.273 e. The molecule has 1 saturated carbocycles. The minimum atomic E-state index is -3.78. The molecule has 1 fully saturated rings. The predicted molar refractivity (Wildman–Crippen MR) is 81.0 cm³/mol. The van der Waals surface area contributed by atoms with Crippen LogP contribution in [-0.4, -0.2) is 25.4 Å². The number of hydrogen-bond donors (Lipinski definition) is 2. The second-order valence-corrected chi connectivity index (χ2v) is 7.01. The van der Waals surface area contributed by atoms with Crippen molar-refractivity contribution in [2.24, 2.45) is 5.73 Å². The Morgan fingerprint density at radius 3 is 2.52 bits per heavy atom. The molecule has 0 atom stereocenters. The number of nitro groups is 1. The van der Waals surface area contributed by atoms with Gasteiger partial charge >= 0.3 is 0 Å². The van der Waals surface area contributed by atoms with Crippen LogP contribution in [-0.2, 0) is 10.0 Å². The highest BCUT2D eigenvalue weighted by Crippen LogP contribution is 2.29. The summed E-state index contributed by atoms with van der Waals surface area (Å²) in [7, 11) is -3.78. The molecule has 0 unspecified atom stereocenters. The molecule has 9 heteroatoms. The monoisotopic (exact) mass is 335 g/mol. The van der Waals surface area contributed by atoms with E-state index in [1.54, 1.807) is 6.92 Å². The van der Waals surface area contributed by atoms with Crippen LogP contribution in [0, 0.1) is 17.0 Å². The summed E-state index contributed by atoms with van der Waals surface area (Å²) in [4.78, 5) is 10.1. The zero-order chi connectivity index (χ0) is 15.0. The first-order valence-electron chi connectivity index (χ1n) is 6.27. The van der Waals surface area contributed by atoms with Crippen LogP contribution in [0.25, 0.3) is 0 Å². The lowest BCUT2D eigenvalue weighted by molar-refractivity contribution is -0.385. The predicted octanol–water partition coefficient (Wildman–Crippen LogP) is 1.48. The third-order valence-electron chi connectivity index (χ3n) is 3.65. The average molecular weight is 336 g/mol. The van der Waals surface area contributed by atoms with E-state index in [1.165, 1.54) is 12.1 Å². The van der Waals surface area contributed by atoms with Crippen molar-refractivity contribution in [2.45, 2.75) is 36.6 Å². The van der Waals surface area contributed by atoms with Gasteiger partial charge in [-0.15, -0.1) is 12.4 Å². The second kappa shape index (κ2) is 6.27. The number of benzene rings is 1. The molecule has 21 heavy (non-hydrogen) atoms. The van der Waals surface area contributed by atoms with Crippen LogP contribution in [0.5, 0.6) is 0 Å². The number of halogens is 1. The number of rotatable bonds is 5. The van der Waals surface area contributed by atoms with Crippen LogP contribution in [0.15, 0.2) is 23.1 Å². The molecule has 1 aromatic carbocycles. The summed E-state index contributed by atoms with van der Waals surface area (Å²) >= 11 is 0. The maximum absolute atomic E-state index is 12.1. The van der Waals surface area contributed by atoms with Gasteiger partial charge in [0, 0.05) is 23.7 Å². The van der Waals surface area contributed by atoms with Gasteiger partial charge in [0.2, 0.25) is 10.0 Å². The van der Waals surface area contributed by atoms with Crippen LogP contribution in [0.4, 0.5) is 5.69 Å². The summed E-state index contributed by atoms with van der Waals surface area (Å²) in [5, 5.41) is 10.8. The zero-order valence-corrected chi connectivity index (χ0v) is 13.2. The molecule has 1 aliphatic carbocycles. The fraction of sp³-hybridized carbons (Fsp3) is 0.500. The van der Waals surface area contributed by atoms with Crippen molar-refractivity contribution in [3.05, 3.63) is 33.9 Å². The van der Waals surface area contributed by atoms with E-state index in [1.807, 2.05) is 0 Å². The van der Waals surface area contributed by atoms with E-state index in [9.17, 15) is 18.5 Å². The molecule has 0 aliphatic heterocycles. The molecule has 7 nitrogen and oxygen atoms in total. The quantitative estimate of drug-likeness (QED) is 0.624. The van der Waals surface area contributed by atoms with Gasteiger partial charge in [-0.05, 0) is 32.3 Å². The van der Waals surface area contributed by atoms with Gasteiger partial charge in [-0.1, -0.05) is 6.07 Å². The summed E-state index contributed by atoms with van der Waals surface area (Å²) < 4.78 is 26.7. The lowest BCUT2D eigenvalue weighted by atomic mass is 9.78. The first kappa shape index (κ1) is 17.8. The van der Waals surface area contributed by atoms with Crippen LogP contribution >= 0.6 is 12.4 Å². The molecule has 0 bridgehead atoms. The largest absolute Gasteiger partial charge is 0.324 e. The Morgan fingerprint density at radius 2 is 2.05 bits per heavy atom. The Hall–Kier alpha value is -1.22. The first-order valence-corrected chi connectivity index (χ1v) is 7.75. The Kier molecular flexibility index (Phi) is 5.32. The molecular weight excluding hydrogens is 318 g/mol. The molecule has 0 heterocycles. The van der Waals surface area contributed by atoms with E-state index in [4.69, 9.17) is 5.73 Å². The summed E-state index contributed by atoms with van der Waals surface area (Å²) in [6.07, 6.45) is 2.56. The minimum Gasteiger partial charge on any atom is -0.324 e. The lowest BCUT2D eigenvalue weighted by Crippen LogP contribution is -2.54. The lowest BCUT2D eigenvalue weighted by Gasteiger charge is -2.37. The van der Waals surface area contributed by atoms with Gasteiger partial charge in [0.15, 0.2) is 0 Å². The second-order valence-electron chi connectivity index (χ2n) is 5.25. The van der Waals surface area contributed by atoms with Gasteiger partial charge in [-0.2, -0.15) is 0 Å². The number of nitrogens with zero attached hydrogens (tertiary/aromatic N) is 1. The summed E-state index contributed by atoms with van der Waals surface area (Å²) in [6.45, 7) is 1.71. The average Bonchev–Trinajstić information content (AvgIpc) is 2.34. The normalized spacial score (nSPS) is 16.7. The van der Waals surface area contributed by atoms with Crippen molar-refractivity contribution in [1.82, 2.24) is 4.72 Å². The number of nitro benzene ring substituents is 1. The van der Waals surface area contributed by atoms with E-state index in [0.717, 1.165) is 25.3 Å². The van der Waals surface area contributed by atoms with Crippen molar-refractivity contribution in [3.8, 4) is 0 Å². The highest BCUT2D eigenvalue weighted by molar-refractivity contribution is 7.89. The van der Waals surface area contributed by atoms with Gasteiger partial charge in [-0.3, -0.25) is 10.1 Å². The molecule has 0 aromatic heterocycles. The van der Waals surface area contributed by atoms with Crippen LogP contribution in [0.2, 0.25) is 0 Å². The highest BCUT2D eigenvalue weighted by atomic mass is 35.5. The SMILES string of the molecule is Cc1ccc(S(=O)(=O)NCC2(N)CCC2)cc1[N+](=O)[O-].Cl. The van der Waals surface area contributed by atoms with E-state index in [2.05, 4.69) is 4.72 Å².